The topological polar surface area (TPSA) is 60.9 Å². The summed E-state index contributed by atoms with van der Waals surface area (Å²) in [5.74, 6) is 1.51. The van der Waals surface area contributed by atoms with E-state index in [2.05, 4.69) is 4.98 Å². The number of rotatable bonds is 3. The quantitative estimate of drug-likeness (QED) is 0.834. The Labute approximate surface area is 158 Å². The minimum Gasteiger partial charge on any atom is -0.480 e. The van der Waals surface area contributed by atoms with Gasteiger partial charge in [0.2, 0.25) is 5.88 Å². The van der Waals surface area contributed by atoms with Crippen LogP contribution < -0.4 is 9.47 Å². The number of benzene rings is 1. The van der Waals surface area contributed by atoms with Gasteiger partial charge < -0.3 is 19.1 Å². The molecule has 4 heterocycles. The van der Waals surface area contributed by atoms with Gasteiger partial charge in [0.05, 0.1) is 19.7 Å². The summed E-state index contributed by atoms with van der Waals surface area (Å²) in [7, 11) is 0. The molecule has 2 saturated heterocycles. The second-order valence-corrected chi connectivity index (χ2v) is 7.54. The van der Waals surface area contributed by atoms with E-state index < -0.39 is 6.10 Å². The van der Waals surface area contributed by atoms with E-state index in [1.165, 1.54) is 0 Å². The fraction of sp³-hybridized carbons (Fsp3) is 0.429. The molecule has 0 radical (unpaired) electrons. The van der Waals surface area contributed by atoms with Gasteiger partial charge >= 0.3 is 0 Å². The minimum absolute atomic E-state index is 0.0493. The first kappa shape index (κ1) is 16.6. The Bertz CT molecular complexity index is 810. The Balaban J connectivity index is 1.18. The number of amides is 1. The maximum atomic E-state index is 12.8. The molecule has 6 heteroatoms. The second-order valence-electron chi connectivity index (χ2n) is 7.54. The van der Waals surface area contributed by atoms with Crippen molar-refractivity contribution in [1.29, 1.82) is 0 Å². The largest absolute Gasteiger partial charge is 0.480 e. The Morgan fingerprint density at radius 3 is 2.85 bits per heavy atom. The second kappa shape index (κ2) is 6.53. The smallest absolute Gasteiger partial charge is 0.264 e. The lowest BCUT2D eigenvalue weighted by molar-refractivity contribution is -0.196. The Morgan fingerprint density at radius 1 is 1.19 bits per heavy atom. The highest BCUT2D eigenvalue weighted by molar-refractivity contribution is 5.83. The predicted octanol–water partition coefficient (Wildman–Crippen LogP) is 2.22. The maximum absolute atomic E-state index is 12.8. The molecule has 0 bridgehead atoms. The molecule has 3 aliphatic rings. The number of aromatic nitrogens is 1. The van der Waals surface area contributed by atoms with Crippen molar-refractivity contribution in [1.82, 2.24) is 9.88 Å². The highest BCUT2D eigenvalue weighted by atomic mass is 16.5. The summed E-state index contributed by atoms with van der Waals surface area (Å²) in [4.78, 5) is 18.9. The van der Waals surface area contributed by atoms with Gasteiger partial charge in [-0.25, -0.2) is 4.98 Å². The highest BCUT2D eigenvalue weighted by Gasteiger charge is 2.51. The number of para-hydroxylation sites is 1. The van der Waals surface area contributed by atoms with E-state index in [-0.39, 0.29) is 17.6 Å². The first-order chi connectivity index (χ1) is 13.2. The number of ether oxygens (including phenoxy) is 3. The molecule has 1 amide bonds. The lowest BCUT2D eigenvalue weighted by atomic mass is 9.84. The van der Waals surface area contributed by atoms with Gasteiger partial charge in [0.1, 0.15) is 17.5 Å². The van der Waals surface area contributed by atoms with Crippen LogP contribution in [0.1, 0.15) is 18.4 Å². The summed E-state index contributed by atoms with van der Waals surface area (Å²) >= 11 is 0. The summed E-state index contributed by atoms with van der Waals surface area (Å²) in [5, 5.41) is 0. The van der Waals surface area contributed by atoms with Crippen LogP contribution in [0.4, 0.5) is 0 Å². The molecule has 6 nitrogen and oxygen atoms in total. The van der Waals surface area contributed by atoms with E-state index in [1.54, 1.807) is 6.20 Å². The standard InChI is InChI=1S/C21H22N2O4/c24-20(18-11-15-5-1-2-6-17(15)27-18)23-13-21(14-23)12-16(8-10-25-21)26-19-7-3-4-9-22-19/h1-7,9,16,18H,8,10-14H2. The zero-order valence-corrected chi connectivity index (χ0v) is 15.0. The lowest BCUT2D eigenvalue weighted by Gasteiger charge is -2.53. The molecule has 1 aromatic carbocycles. The van der Waals surface area contributed by atoms with Crippen LogP contribution >= 0.6 is 0 Å². The molecule has 2 unspecified atom stereocenters. The van der Waals surface area contributed by atoms with Crippen molar-refractivity contribution in [3.63, 3.8) is 0 Å². The van der Waals surface area contributed by atoms with Crippen LogP contribution in [-0.2, 0) is 16.0 Å². The number of likely N-dealkylation sites (tertiary alicyclic amines) is 1. The van der Waals surface area contributed by atoms with Crippen molar-refractivity contribution in [3.05, 3.63) is 54.2 Å². The predicted molar refractivity (Wildman–Crippen MR) is 97.7 cm³/mol. The molecule has 5 rings (SSSR count). The van der Waals surface area contributed by atoms with Gasteiger partial charge in [0, 0.05) is 31.5 Å². The van der Waals surface area contributed by atoms with Gasteiger partial charge in [-0.15, -0.1) is 0 Å². The molecule has 2 atom stereocenters. The zero-order chi connectivity index (χ0) is 18.3. The third-order valence-corrected chi connectivity index (χ3v) is 5.57. The summed E-state index contributed by atoms with van der Waals surface area (Å²) < 4.78 is 17.9. The lowest BCUT2D eigenvalue weighted by Crippen LogP contribution is -2.69. The molecule has 3 aliphatic heterocycles. The van der Waals surface area contributed by atoms with Crippen molar-refractivity contribution in [2.24, 2.45) is 0 Å². The number of carbonyl (C=O) groups is 1. The number of hydrogen-bond acceptors (Lipinski definition) is 5. The summed E-state index contributed by atoms with van der Waals surface area (Å²) in [6, 6.07) is 13.5. The molecular formula is C21H22N2O4. The molecule has 0 saturated carbocycles. The third kappa shape index (κ3) is 3.14. The van der Waals surface area contributed by atoms with Crippen molar-refractivity contribution >= 4 is 5.91 Å². The molecule has 2 fully saturated rings. The fourth-order valence-corrected chi connectivity index (χ4v) is 4.22. The minimum atomic E-state index is -0.413. The zero-order valence-electron chi connectivity index (χ0n) is 15.0. The third-order valence-electron chi connectivity index (χ3n) is 5.57. The van der Waals surface area contributed by atoms with Gasteiger partial charge in [-0.1, -0.05) is 24.3 Å². The van der Waals surface area contributed by atoms with E-state index in [4.69, 9.17) is 14.2 Å². The molecule has 1 spiro atoms. The summed E-state index contributed by atoms with van der Waals surface area (Å²) in [6.45, 7) is 1.85. The van der Waals surface area contributed by atoms with Crippen molar-refractivity contribution in [2.75, 3.05) is 19.7 Å². The van der Waals surface area contributed by atoms with Gasteiger partial charge in [-0.2, -0.15) is 0 Å². The van der Waals surface area contributed by atoms with Crippen LogP contribution in [0, 0.1) is 0 Å². The molecule has 1 aromatic heterocycles. The van der Waals surface area contributed by atoms with Crippen molar-refractivity contribution in [2.45, 2.75) is 37.1 Å². The maximum Gasteiger partial charge on any atom is 0.264 e. The average molecular weight is 366 g/mol. The molecule has 0 N–H and O–H groups in total. The van der Waals surface area contributed by atoms with E-state index in [0.29, 0.717) is 32.0 Å². The number of nitrogens with zero attached hydrogens (tertiary/aromatic N) is 2. The Kier molecular flexibility index (Phi) is 4.01. The van der Waals surface area contributed by atoms with Crippen LogP contribution in [0.25, 0.3) is 0 Å². The molecular weight excluding hydrogens is 344 g/mol. The first-order valence-corrected chi connectivity index (χ1v) is 9.46. The van der Waals surface area contributed by atoms with E-state index >= 15 is 0 Å². The molecule has 0 aliphatic carbocycles. The number of pyridine rings is 1. The van der Waals surface area contributed by atoms with Gasteiger partial charge in [-0.3, -0.25) is 4.79 Å². The monoisotopic (exact) mass is 366 g/mol. The van der Waals surface area contributed by atoms with Crippen LogP contribution in [-0.4, -0.2) is 53.3 Å². The molecule has 27 heavy (non-hydrogen) atoms. The van der Waals surface area contributed by atoms with Gasteiger partial charge in [-0.05, 0) is 17.7 Å². The van der Waals surface area contributed by atoms with Crippen LogP contribution in [0.15, 0.2) is 48.7 Å². The summed E-state index contributed by atoms with van der Waals surface area (Å²) in [6.07, 6.45) is 3.65. The number of hydrogen-bond donors (Lipinski definition) is 0. The SMILES string of the molecule is O=C(C1Cc2ccccc2O1)N1CC2(CC(Oc3ccccn3)CCO2)C1. The van der Waals surface area contributed by atoms with Gasteiger partial charge in [0.25, 0.3) is 5.91 Å². The molecule has 140 valence electrons. The van der Waals surface area contributed by atoms with Crippen LogP contribution in [0.3, 0.4) is 0 Å². The Morgan fingerprint density at radius 2 is 2.04 bits per heavy atom. The van der Waals surface area contributed by atoms with E-state index in [1.807, 2.05) is 47.4 Å². The highest BCUT2D eigenvalue weighted by Crippen LogP contribution is 2.37. The van der Waals surface area contributed by atoms with Gasteiger partial charge in [0.15, 0.2) is 6.10 Å². The van der Waals surface area contributed by atoms with Crippen LogP contribution in [0.2, 0.25) is 0 Å². The summed E-state index contributed by atoms with van der Waals surface area (Å²) in [5.41, 5.74) is 0.808. The van der Waals surface area contributed by atoms with E-state index in [9.17, 15) is 4.79 Å². The Hall–Kier alpha value is -2.60. The average Bonchev–Trinajstić information content (AvgIpc) is 3.11. The fourth-order valence-electron chi connectivity index (χ4n) is 4.22. The van der Waals surface area contributed by atoms with E-state index in [0.717, 1.165) is 24.2 Å². The number of fused-ring (bicyclic) bond motifs is 1. The molecule has 2 aromatic rings. The van der Waals surface area contributed by atoms with Crippen molar-refractivity contribution in [3.8, 4) is 11.6 Å². The number of carbonyl (C=O) groups excluding carboxylic acids is 1. The first-order valence-electron chi connectivity index (χ1n) is 9.46. The van der Waals surface area contributed by atoms with Crippen molar-refractivity contribution < 1.29 is 19.0 Å². The van der Waals surface area contributed by atoms with Crippen LogP contribution in [0.5, 0.6) is 11.6 Å². The normalized spacial score (nSPS) is 25.4.